The molecule has 0 aromatic heterocycles. The first-order valence-electron chi connectivity index (χ1n) is 11.5. The topological polar surface area (TPSA) is 90.7 Å². The van der Waals surface area contributed by atoms with E-state index in [2.05, 4.69) is 0 Å². The van der Waals surface area contributed by atoms with Gasteiger partial charge in [0.1, 0.15) is 17.0 Å². The van der Waals surface area contributed by atoms with Crippen molar-refractivity contribution in [3.05, 3.63) is 89.0 Å². The number of nitriles is 1. The zero-order valence-corrected chi connectivity index (χ0v) is 20.7. The highest BCUT2D eigenvalue weighted by Crippen LogP contribution is 2.39. The second-order valence-corrected chi connectivity index (χ2v) is 9.20. The summed E-state index contributed by atoms with van der Waals surface area (Å²) >= 11 is 0. The number of urea groups is 1. The van der Waals surface area contributed by atoms with Gasteiger partial charge in [0, 0.05) is 11.1 Å². The van der Waals surface area contributed by atoms with Crippen molar-refractivity contribution in [1.29, 1.82) is 5.26 Å². The molecule has 0 aliphatic carbocycles. The van der Waals surface area contributed by atoms with Crippen LogP contribution >= 0.6 is 0 Å². The molecule has 0 N–H and O–H groups in total. The van der Waals surface area contributed by atoms with Crippen LogP contribution in [0.4, 0.5) is 23.7 Å². The summed E-state index contributed by atoms with van der Waals surface area (Å²) in [5.74, 6) is 0.0452. The minimum absolute atomic E-state index is 0.0712. The molecule has 1 heterocycles. The first-order valence-corrected chi connectivity index (χ1v) is 11.5. The molecule has 3 aromatic rings. The third-order valence-corrected chi connectivity index (χ3v) is 6.30. The number of amides is 3. The summed E-state index contributed by atoms with van der Waals surface area (Å²) in [5.41, 5.74) is -2.44. The summed E-state index contributed by atoms with van der Waals surface area (Å²) in [6, 6.07) is 16.7. The maximum atomic E-state index is 13.5. The number of nitrogens with zero attached hydrogens (tertiary/aromatic N) is 3. The van der Waals surface area contributed by atoms with Crippen LogP contribution in [-0.4, -0.2) is 28.2 Å². The number of benzene rings is 3. The van der Waals surface area contributed by atoms with E-state index in [0.717, 1.165) is 12.1 Å². The highest BCUT2D eigenvalue weighted by Gasteiger charge is 2.52. The molecule has 38 heavy (non-hydrogen) atoms. The molecule has 0 saturated carbocycles. The van der Waals surface area contributed by atoms with E-state index in [4.69, 9.17) is 10.00 Å². The number of hydrogen-bond donors (Lipinski definition) is 0. The molecule has 0 atom stereocenters. The second kappa shape index (κ2) is 9.67. The van der Waals surface area contributed by atoms with Crippen LogP contribution in [-0.2, 0) is 17.5 Å². The fourth-order valence-corrected chi connectivity index (χ4v) is 4.12. The molecule has 1 aliphatic rings. The maximum absolute atomic E-state index is 13.5. The highest BCUT2D eigenvalue weighted by atomic mass is 19.4. The van der Waals surface area contributed by atoms with Crippen LogP contribution in [0.1, 0.15) is 47.8 Å². The van der Waals surface area contributed by atoms with Gasteiger partial charge in [0.25, 0.3) is 5.91 Å². The smallest absolute Gasteiger partial charge is 0.417 e. The van der Waals surface area contributed by atoms with Crippen molar-refractivity contribution in [1.82, 2.24) is 4.90 Å². The minimum Gasteiger partial charge on any atom is -0.457 e. The van der Waals surface area contributed by atoms with Gasteiger partial charge in [0.2, 0.25) is 0 Å². The maximum Gasteiger partial charge on any atom is 0.417 e. The number of carbonyl (C=O) groups excluding carboxylic acids is 3. The Bertz CT molecular complexity index is 1470. The molecule has 0 bridgehead atoms. The van der Waals surface area contributed by atoms with Crippen molar-refractivity contribution in [3.63, 3.8) is 0 Å². The van der Waals surface area contributed by atoms with E-state index in [0.29, 0.717) is 33.6 Å². The number of carbonyl (C=O) groups is 3. The SMILES string of the molecule is CC(=O)c1ccc(Oc2ccccc2CN2C(=O)N(c3ccc(C#N)c(C(F)(F)F)c3)C(=O)C2(C)C)cc1. The van der Waals surface area contributed by atoms with Crippen LogP contribution < -0.4 is 9.64 Å². The lowest BCUT2D eigenvalue weighted by Crippen LogP contribution is -2.43. The number of ether oxygens (including phenoxy) is 1. The van der Waals surface area contributed by atoms with E-state index in [1.54, 1.807) is 48.5 Å². The van der Waals surface area contributed by atoms with E-state index in [1.807, 2.05) is 0 Å². The lowest BCUT2D eigenvalue weighted by molar-refractivity contribution is -0.137. The Morgan fingerprint density at radius 3 is 2.29 bits per heavy atom. The van der Waals surface area contributed by atoms with Crippen LogP contribution in [0.2, 0.25) is 0 Å². The molecule has 0 spiro atoms. The van der Waals surface area contributed by atoms with Gasteiger partial charge in [0.15, 0.2) is 5.78 Å². The van der Waals surface area contributed by atoms with Crippen LogP contribution in [0.25, 0.3) is 0 Å². The Morgan fingerprint density at radius 1 is 1.03 bits per heavy atom. The molecule has 7 nitrogen and oxygen atoms in total. The number of hydrogen-bond acceptors (Lipinski definition) is 5. The predicted molar refractivity (Wildman–Crippen MR) is 132 cm³/mol. The average Bonchev–Trinajstić information content (AvgIpc) is 3.03. The van der Waals surface area contributed by atoms with Crippen LogP contribution in [0.15, 0.2) is 66.7 Å². The first-order chi connectivity index (χ1) is 17.8. The molecule has 3 aromatic carbocycles. The van der Waals surface area contributed by atoms with E-state index in [9.17, 15) is 27.6 Å². The van der Waals surface area contributed by atoms with Crippen molar-refractivity contribution >= 4 is 23.4 Å². The van der Waals surface area contributed by atoms with Gasteiger partial charge in [-0.2, -0.15) is 18.4 Å². The Hall–Kier alpha value is -4.65. The summed E-state index contributed by atoms with van der Waals surface area (Å²) in [6.07, 6.45) is -4.85. The van der Waals surface area contributed by atoms with Crippen molar-refractivity contribution in [2.24, 2.45) is 0 Å². The number of halogens is 3. The number of anilines is 1. The van der Waals surface area contributed by atoms with Gasteiger partial charge in [-0.1, -0.05) is 18.2 Å². The average molecular weight is 521 g/mol. The molecule has 1 fully saturated rings. The van der Waals surface area contributed by atoms with Gasteiger partial charge < -0.3 is 9.64 Å². The zero-order chi connectivity index (χ0) is 27.8. The monoisotopic (exact) mass is 521 g/mol. The first kappa shape index (κ1) is 26.4. The predicted octanol–water partition coefficient (Wildman–Crippen LogP) is 6.32. The fraction of sp³-hybridized carbons (Fsp3) is 0.214. The van der Waals surface area contributed by atoms with Crippen molar-refractivity contribution in [2.75, 3.05) is 4.90 Å². The number of rotatable bonds is 6. The standard InChI is InChI=1S/C28H22F3N3O4/c1-17(35)18-9-12-22(13-10-18)38-24-7-5-4-6-20(24)16-33-26(37)34(25(36)27(33,2)3)21-11-8-19(15-32)23(14-21)28(29,30)31/h4-14H,16H2,1-3H3. The molecule has 10 heteroatoms. The zero-order valence-electron chi connectivity index (χ0n) is 20.7. The number of ketones is 1. The van der Waals surface area contributed by atoms with Gasteiger partial charge >= 0.3 is 12.2 Å². The third-order valence-electron chi connectivity index (χ3n) is 6.30. The quantitative estimate of drug-likeness (QED) is 0.280. The molecule has 0 unspecified atom stereocenters. The Labute approximate surface area is 216 Å². The number of para-hydroxylation sites is 1. The number of imide groups is 1. The van der Waals surface area contributed by atoms with Crippen LogP contribution in [0.5, 0.6) is 11.5 Å². The van der Waals surface area contributed by atoms with Gasteiger partial charge in [-0.3, -0.25) is 9.59 Å². The van der Waals surface area contributed by atoms with Crippen molar-refractivity contribution in [3.8, 4) is 17.6 Å². The van der Waals surface area contributed by atoms with E-state index < -0.39 is 34.8 Å². The molecular formula is C28H22F3N3O4. The summed E-state index contributed by atoms with van der Waals surface area (Å²) in [6.45, 7) is 4.39. The third kappa shape index (κ3) is 4.83. The van der Waals surface area contributed by atoms with E-state index >= 15 is 0 Å². The summed E-state index contributed by atoms with van der Waals surface area (Å²) < 4.78 is 46.5. The molecule has 1 aliphatic heterocycles. The van der Waals surface area contributed by atoms with Gasteiger partial charge in [-0.15, -0.1) is 0 Å². The Balaban J connectivity index is 1.65. The van der Waals surface area contributed by atoms with Gasteiger partial charge in [-0.05, 0) is 69.3 Å². The Kier molecular flexibility index (Phi) is 6.72. The highest BCUT2D eigenvalue weighted by molar-refractivity contribution is 6.23. The summed E-state index contributed by atoms with van der Waals surface area (Å²) in [7, 11) is 0. The Morgan fingerprint density at radius 2 is 1.68 bits per heavy atom. The van der Waals surface area contributed by atoms with Gasteiger partial charge in [0.05, 0.1) is 29.4 Å². The molecule has 1 saturated heterocycles. The summed E-state index contributed by atoms with van der Waals surface area (Å²) in [4.78, 5) is 40.2. The van der Waals surface area contributed by atoms with Crippen molar-refractivity contribution in [2.45, 2.75) is 39.0 Å². The second-order valence-electron chi connectivity index (χ2n) is 9.20. The molecule has 194 valence electrons. The fourth-order valence-electron chi connectivity index (χ4n) is 4.12. The lowest BCUT2D eigenvalue weighted by atomic mass is 10.0. The summed E-state index contributed by atoms with van der Waals surface area (Å²) in [5, 5.41) is 9.07. The van der Waals surface area contributed by atoms with E-state index in [-0.39, 0.29) is 18.0 Å². The molecule has 3 amide bonds. The molecular weight excluding hydrogens is 499 g/mol. The van der Waals surface area contributed by atoms with Crippen molar-refractivity contribution < 1.29 is 32.3 Å². The normalized spacial score (nSPS) is 15.0. The van der Waals surface area contributed by atoms with Gasteiger partial charge in [-0.25, -0.2) is 9.69 Å². The number of alkyl halides is 3. The van der Waals surface area contributed by atoms with E-state index in [1.165, 1.54) is 31.7 Å². The molecule has 4 rings (SSSR count). The lowest BCUT2D eigenvalue weighted by Gasteiger charge is -2.28. The van der Waals surface area contributed by atoms with Crippen LogP contribution in [0.3, 0.4) is 0 Å². The largest absolute Gasteiger partial charge is 0.457 e. The van der Waals surface area contributed by atoms with Crippen LogP contribution in [0, 0.1) is 11.3 Å². The number of Topliss-reactive ketones (excluding diaryl/α,β-unsaturated/α-hetero) is 1. The molecule has 0 radical (unpaired) electrons. The minimum atomic E-state index is -4.85.